The highest BCUT2D eigenvalue weighted by Crippen LogP contribution is 2.14. The second-order valence-corrected chi connectivity index (χ2v) is 7.81. The van der Waals surface area contributed by atoms with Crippen molar-refractivity contribution < 1.29 is 23.1 Å². The zero-order chi connectivity index (χ0) is 19.4. The van der Waals surface area contributed by atoms with E-state index < -0.39 is 34.5 Å². The molecule has 0 saturated carbocycles. The maximum atomic E-state index is 12.3. The minimum Gasteiger partial charge on any atom is -0.478 e. The number of amides is 1. The van der Waals surface area contributed by atoms with Gasteiger partial charge in [0, 0.05) is 25.9 Å². The first-order valence-electron chi connectivity index (χ1n) is 7.60. The van der Waals surface area contributed by atoms with Crippen molar-refractivity contribution in [2.75, 3.05) is 13.6 Å². The summed E-state index contributed by atoms with van der Waals surface area (Å²) in [5, 5.41) is 8.83. The van der Waals surface area contributed by atoms with E-state index in [1.165, 1.54) is 42.0 Å². The summed E-state index contributed by atoms with van der Waals surface area (Å²) in [7, 11) is -0.748. The van der Waals surface area contributed by atoms with Gasteiger partial charge in [-0.1, -0.05) is 19.9 Å². The zero-order valence-corrected chi connectivity index (χ0v) is 15.7. The van der Waals surface area contributed by atoms with Gasteiger partial charge in [0.15, 0.2) is 5.03 Å². The average Bonchev–Trinajstić information content (AvgIpc) is 2.96. The summed E-state index contributed by atoms with van der Waals surface area (Å²) in [4.78, 5) is 28.4. The molecule has 0 spiro atoms. The maximum Gasteiger partial charge on any atom is 0.331 e. The lowest BCUT2D eigenvalue weighted by Gasteiger charge is -2.29. The number of aliphatic carboxylic acids is 1. The molecule has 1 rings (SSSR count). The number of nitrogens with zero attached hydrogens (tertiary/aromatic N) is 3. The van der Waals surface area contributed by atoms with Gasteiger partial charge < -0.3 is 14.6 Å². The summed E-state index contributed by atoms with van der Waals surface area (Å²) in [6, 6.07) is -0.469. The fourth-order valence-corrected chi connectivity index (χ4v) is 3.08. The fraction of sp³-hybridized carbons (Fsp3) is 0.533. The highest BCUT2D eigenvalue weighted by Gasteiger charge is 2.24. The van der Waals surface area contributed by atoms with Crippen molar-refractivity contribution in [2.24, 2.45) is 13.0 Å². The molecule has 1 amide bonds. The molecule has 2 N–H and O–H groups in total. The standard InChI is InChI=1S/C15H24N4O5S/c1-10(2)12(6-11(3)15(21)22)19(5)14(20)7-17-25(23,24)13-8-18(4)9-16-13/h6,8-10,12,17H,7H2,1-5H3,(H,21,22)/b11-6+/t12-/m1/s1. The molecule has 1 aromatic rings. The normalized spacial score (nSPS) is 13.8. The second-order valence-electron chi connectivity index (χ2n) is 6.10. The Morgan fingerprint density at radius 1 is 1.44 bits per heavy atom. The Morgan fingerprint density at radius 3 is 2.48 bits per heavy atom. The lowest BCUT2D eigenvalue weighted by atomic mass is 10.00. The van der Waals surface area contributed by atoms with E-state index in [2.05, 4.69) is 9.71 Å². The SMILES string of the molecule is C/C(=C\[C@H](C(C)C)N(C)C(=O)CNS(=O)(=O)c1cn(C)cn1)C(=O)O. The molecule has 10 heteroatoms. The van der Waals surface area contributed by atoms with Crippen molar-refractivity contribution >= 4 is 21.9 Å². The number of hydrogen-bond donors (Lipinski definition) is 2. The number of imidazole rings is 1. The Labute approximate surface area is 147 Å². The van der Waals surface area contributed by atoms with Crippen molar-refractivity contribution in [1.29, 1.82) is 0 Å². The molecular formula is C15H24N4O5S. The van der Waals surface area contributed by atoms with Crippen LogP contribution in [0.4, 0.5) is 0 Å². The van der Waals surface area contributed by atoms with Gasteiger partial charge in [-0.15, -0.1) is 0 Å². The molecule has 0 aliphatic heterocycles. The van der Waals surface area contributed by atoms with Gasteiger partial charge >= 0.3 is 5.97 Å². The topological polar surface area (TPSA) is 122 Å². The van der Waals surface area contributed by atoms with Gasteiger partial charge in [0.1, 0.15) is 0 Å². The highest BCUT2D eigenvalue weighted by molar-refractivity contribution is 7.89. The molecule has 0 bridgehead atoms. The molecule has 0 saturated heterocycles. The number of aryl methyl sites for hydroxylation is 1. The van der Waals surface area contributed by atoms with E-state index >= 15 is 0 Å². The molecule has 1 aromatic heterocycles. The molecule has 0 aliphatic rings. The molecule has 9 nitrogen and oxygen atoms in total. The number of carbonyl (C=O) groups is 2. The zero-order valence-electron chi connectivity index (χ0n) is 14.9. The molecule has 1 heterocycles. The Hall–Kier alpha value is -2.20. The summed E-state index contributed by atoms with van der Waals surface area (Å²) in [6.07, 6.45) is 4.15. The fourth-order valence-electron chi connectivity index (χ4n) is 2.13. The van der Waals surface area contributed by atoms with E-state index in [0.717, 1.165) is 0 Å². The molecule has 140 valence electrons. The predicted octanol–water partition coefficient (Wildman–Crippen LogP) is 0.212. The number of rotatable bonds is 8. The summed E-state index contributed by atoms with van der Waals surface area (Å²) in [5.74, 6) is -1.59. The Balaban J connectivity index is 2.84. The van der Waals surface area contributed by atoms with Crippen LogP contribution in [-0.4, -0.2) is 59.5 Å². The molecule has 1 atom stereocenters. The van der Waals surface area contributed by atoms with Crippen LogP contribution in [0.2, 0.25) is 0 Å². The van der Waals surface area contributed by atoms with E-state index in [1.807, 2.05) is 13.8 Å². The molecule has 25 heavy (non-hydrogen) atoms. The van der Waals surface area contributed by atoms with Crippen LogP contribution in [0, 0.1) is 5.92 Å². The molecule has 0 aromatic carbocycles. The minimum atomic E-state index is -3.89. The summed E-state index contributed by atoms with van der Waals surface area (Å²) >= 11 is 0. The maximum absolute atomic E-state index is 12.3. The van der Waals surface area contributed by atoms with Crippen LogP contribution < -0.4 is 4.72 Å². The van der Waals surface area contributed by atoms with Gasteiger partial charge in [0.2, 0.25) is 5.91 Å². The van der Waals surface area contributed by atoms with Crippen molar-refractivity contribution in [3.63, 3.8) is 0 Å². The minimum absolute atomic E-state index is 0.0457. The number of hydrogen-bond acceptors (Lipinski definition) is 5. The van der Waals surface area contributed by atoms with Gasteiger partial charge in [0.25, 0.3) is 10.0 Å². The first kappa shape index (κ1) is 20.8. The first-order chi connectivity index (χ1) is 11.5. The quantitative estimate of drug-likeness (QED) is 0.629. The predicted molar refractivity (Wildman–Crippen MR) is 91.2 cm³/mol. The van der Waals surface area contributed by atoms with Gasteiger partial charge in [0.05, 0.1) is 18.9 Å². The number of aromatic nitrogens is 2. The number of nitrogens with one attached hydrogen (secondary N) is 1. The first-order valence-corrected chi connectivity index (χ1v) is 9.09. The van der Waals surface area contributed by atoms with Crippen LogP contribution in [0.15, 0.2) is 29.2 Å². The largest absolute Gasteiger partial charge is 0.478 e. The smallest absolute Gasteiger partial charge is 0.331 e. The van der Waals surface area contributed by atoms with Crippen LogP contribution >= 0.6 is 0 Å². The molecule has 0 aliphatic carbocycles. The molecule has 0 fully saturated rings. The highest BCUT2D eigenvalue weighted by atomic mass is 32.2. The summed E-state index contributed by atoms with van der Waals surface area (Å²) < 4.78 is 27.9. The van der Waals surface area contributed by atoms with E-state index in [0.29, 0.717) is 0 Å². The Kier molecular flexibility index (Phi) is 6.88. The lowest BCUT2D eigenvalue weighted by Crippen LogP contribution is -2.44. The van der Waals surface area contributed by atoms with Crippen molar-refractivity contribution in [1.82, 2.24) is 19.2 Å². The number of sulfonamides is 1. The van der Waals surface area contributed by atoms with E-state index in [-0.39, 0.29) is 16.5 Å². The van der Waals surface area contributed by atoms with E-state index in [9.17, 15) is 18.0 Å². The average molecular weight is 372 g/mol. The van der Waals surface area contributed by atoms with Gasteiger partial charge in [-0.3, -0.25) is 4.79 Å². The van der Waals surface area contributed by atoms with Crippen molar-refractivity contribution in [2.45, 2.75) is 31.8 Å². The van der Waals surface area contributed by atoms with Crippen LogP contribution in [0.3, 0.4) is 0 Å². The van der Waals surface area contributed by atoms with E-state index in [1.54, 1.807) is 7.05 Å². The van der Waals surface area contributed by atoms with Crippen LogP contribution in [0.25, 0.3) is 0 Å². The van der Waals surface area contributed by atoms with Crippen LogP contribution in [-0.2, 0) is 26.7 Å². The molecule has 0 radical (unpaired) electrons. The summed E-state index contributed by atoms with van der Waals surface area (Å²) in [6.45, 7) is 4.69. The number of carboxylic acids is 1. The monoisotopic (exact) mass is 372 g/mol. The second kappa shape index (κ2) is 8.26. The van der Waals surface area contributed by atoms with E-state index in [4.69, 9.17) is 5.11 Å². The number of likely N-dealkylation sites (N-methyl/N-ethyl adjacent to an activating group) is 1. The van der Waals surface area contributed by atoms with Crippen LogP contribution in [0.5, 0.6) is 0 Å². The van der Waals surface area contributed by atoms with Crippen molar-refractivity contribution in [3.05, 3.63) is 24.2 Å². The molecule has 0 unspecified atom stereocenters. The third kappa shape index (κ3) is 5.68. The lowest BCUT2D eigenvalue weighted by molar-refractivity contribution is -0.133. The summed E-state index contributed by atoms with van der Waals surface area (Å²) in [5.41, 5.74) is 0.118. The van der Waals surface area contributed by atoms with Gasteiger partial charge in [-0.25, -0.2) is 22.9 Å². The van der Waals surface area contributed by atoms with Crippen molar-refractivity contribution in [3.8, 4) is 0 Å². The van der Waals surface area contributed by atoms with Crippen LogP contribution in [0.1, 0.15) is 20.8 Å². The van der Waals surface area contributed by atoms with Gasteiger partial charge in [-0.05, 0) is 12.8 Å². The number of carbonyl (C=O) groups excluding carboxylic acids is 1. The van der Waals surface area contributed by atoms with Gasteiger partial charge in [-0.2, -0.15) is 0 Å². The Bertz CT molecular complexity index is 767. The Morgan fingerprint density at radius 2 is 2.04 bits per heavy atom. The molecular weight excluding hydrogens is 348 g/mol. The third-order valence-electron chi connectivity index (χ3n) is 3.65. The number of carboxylic acid groups (broad SMARTS) is 1. The third-order valence-corrected chi connectivity index (χ3v) is 4.94.